The fraction of sp³-hybridized carbons (Fsp3) is 0.0833. The van der Waals surface area contributed by atoms with E-state index in [0.29, 0.717) is 0 Å². The van der Waals surface area contributed by atoms with E-state index in [1.807, 2.05) is 0 Å². The van der Waals surface area contributed by atoms with Crippen LogP contribution in [0.25, 0.3) is 11.3 Å². The third kappa shape index (κ3) is 2.22. The molecule has 1 N–H and O–H groups in total. The zero-order valence-electron chi connectivity index (χ0n) is 8.58. The van der Waals surface area contributed by atoms with E-state index < -0.39 is 17.8 Å². The molecule has 0 aliphatic heterocycles. The standard InChI is InChI=1S/C12H8F3NO/c13-11-8(2-1-3-9(11)12(14)15)10-6-7(17)4-5-16-10/h1-6,12H,(H,16,17). The molecule has 0 bridgehead atoms. The van der Waals surface area contributed by atoms with Crippen LogP contribution in [0, 0.1) is 5.82 Å². The molecule has 0 aliphatic rings. The monoisotopic (exact) mass is 239 g/mol. The van der Waals surface area contributed by atoms with E-state index >= 15 is 0 Å². The average molecular weight is 239 g/mol. The minimum atomic E-state index is -2.88. The van der Waals surface area contributed by atoms with Crippen molar-refractivity contribution < 1.29 is 13.2 Å². The molecule has 2 nitrogen and oxygen atoms in total. The second-order valence-electron chi connectivity index (χ2n) is 3.45. The number of aromatic amines is 1. The van der Waals surface area contributed by atoms with Crippen LogP contribution < -0.4 is 5.43 Å². The van der Waals surface area contributed by atoms with Crippen LogP contribution in [0.1, 0.15) is 12.0 Å². The first kappa shape index (κ1) is 11.4. The summed E-state index contributed by atoms with van der Waals surface area (Å²) in [4.78, 5) is 13.8. The quantitative estimate of drug-likeness (QED) is 0.858. The molecule has 0 amide bonds. The van der Waals surface area contributed by atoms with Gasteiger partial charge >= 0.3 is 0 Å². The summed E-state index contributed by atoms with van der Waals surface area (Å²) in [6.45, 7) is 0. The van der Waals surface area contributed by atoms with E-state index in [0.717, 1.165) is 12.1 Å². The zero-order chi connectivity index (χ0) is 12.4. The van der Waals surface area contributed by atoms with Gasteiger partial charge in [0.25, 0.3) is 6.43 Å². The van der Waals surface area contributed by atoms with Crippen LogP contribution in [-0.2, 0) is 0 Å². The normalized spacial score (nSPS) is 10.8. The molecule has 1 aromatic carbocycles. The molecule has 2 rings (SSSR count). The predicted octanol–water partition coefficient (Wildman–Crippen LogP) is 3.12. The number of pyridine rings is 1. The first-order chi connectivity index (χ1) is 8.09. The smallest absolute Gasteiger partial charge is 0.266 e. The van der Waals surface area contributed by atoms with E-state index in [2.05, 4.69) is 4.98 Å². The molecular weight excluding hydrogens is 231 g/mol. The fourth-order valence-electron chi connectivity index (χ4n) is 1.53. The number of hydrogen-bond acceptors (Lipinski definition) is 1. The highest BCUT2D eigenvalue weighted by Crippen LogP contribution is 2.28. The molecule has 0 saturated heterocycles. The molecule has 0 aliphatic carbocycles. The van der Waals surface area contributed by atoms with Gasteiger partial charge in [0, 0.05) is 23.9 Å². The molecule has 2 aromatic rings. The van der Waals surface area contributed by atoms with E-state index in [-0.39, 0.29) is 16.7 Å². The van der Waals surface area contributed by atoms with Gasteiger partial charge in [-0.3, -0.25) is 4.79 Å². The van der Waals surface area contributed by atoms with Crippen LogP contribution in [0.2, 0.25) is 0 Å². The fourth-order valence-corrected chi connectivity index (χ4v) is 1.53. The van der Waals surface area contributed by atoms with Gasteiger partial charge in [-0.25, -0.2) is 13.2 Å². The van der Waals surface area contributed by atoms with Crippen molar-refractivity contribution >= 4 is 0 Å². The van der Waals surface area contributed by atoms with Crippen molar-refractivity contribution in [3.05, 3.63) is 58.1 Å². The van der Waals surface area contributed by atoms with Crippen molar-refractivity contribution in [1.29, 1.82) is 0 Å². The lowest BCUT2D eigenvalue weighted by Crippen LogP contribution is -2.00. The summed E-state index contributed by atoms with van der Waals surface area (Å²) in [5.41, 5.74) is -0.856. The lowest BCUT2D eigenvalue weighted by atomic mass is 10.1. The van der Waals surface area contributed by atoms with E-state index in [4.69, 9.17) is 0 Å². The molecule has 17 heavy (non-hydrogen) atoms. The summed E-state index contributed by atoms with van der Waals surface area (Å²) < 4.78 is 38.7. The molecule has 0 saturated carbocycles. The third-order valence-electron chi connectivity index (χ3n) is 2.33. The van der Waals surface area contributed by atoms with Crippen molar-refractivity contribution in [1.82, 2.24) is 4.98 Å². The largest absolute Gasteiger partial charge is 0.361 e. The van der Waals surface area contributed by atoms with E-state index in [1.165, 1.54) is 24.4 Å². The Morgan fingerprint density at radius 3 is 2.59 bits per heavy atom. The molecule has 0 atom stereocenters. The number of rotatable bonds is 2. The molecule has 0 spiro atoms. The lowest BCUT2D eigenvalue weighted by Gasteiger charge is -2.07. The van der Waals surface area contributed by atoms with Gasteiger partial charge in [-0.1, -0.05) is 12.1 Å². The first-order valence-electron chi connectivity index (χ1n) is 4.85. The maximum atomic E-state index is 13.7. The minimum absolute atomic E-state index is 0.0412. The molecule has 0 fully saturated rings. The summed E-state index contributed by atoms with van der Waals surface area (Å²) in [6.07, 6.45) is -1.54. The summed E-state index contributed by atoms with van der Waals surface area (Å²) in [7, 11) is 0. The van der Waals surface area contributed by atoms with Gasteiger partial charge < -0.3 is 4.98 Å². The van der Waals surface area contributed by atoms with Crippen molar-refractivity contribution in [3.63, 3.8) is 0 Å². The van der Waals surface area contributed by atoms with Crippen LogP contribution in [0.15, 0.2) is 41.3 Å². The topological polar surface area (TPSA) is 32.9 Å². The van der Waals surface area contributed by atoms with Gasteiger partial charge in [0.15, 0.2) is 5.43 Å². The zero-order valence-corrected chi connectivity index (χ0v) is 8.58. The lowest BCUT2D eigenvalue weighted by molar-refractivity contribution is 0.146. The number of nitrogens with one attached hydrogen (secondary N) is 1. The number of H-pyrrole nitrogens is 1. The van der Waals surface area contributed by atoms with Crippen molar-refractivity contribution in [2.24, 2.45) is 0 Å². The van der Waals surface area contributed by atoms with Gasteiger partial charge in [0.1, 0.15) is 5.82 Å². The Kier molecular flexibility index (Phi) is 2.99. The van der Waals surface area contributed by atoms with Gasteiger partial charge in [-0.15, -0.1) is 0 Å². The van der Waals surface area contributed by atoms with Gasteiger partial charge in [-0.05, 0) is 6.07 Å². The third-order valence-corrected chi connectivity index (χ3v) is 2.33. The second kappa shape index (κ2) is 4.45. The Hall–Kier alpha value is -2.04. The van der Waals surface area contributed by atoms with Crippen molar-refractivity contribution in [2.75, 3.05) is 0 Å². The number of alkyl halides is 2. The number of aromatic nitrogens is 1. The highest BCUT2D eigenvalue weighted by Gasteiger charge is 2.17. The highest BCUT2D eigenvalue weighted by atomic mass is 19.3. The Balaban J connectivity index is 2.60. The van der Waals surface area contributed by atoms with Gasteiger partial charge in [-0.2, -0.15) is 0 Å². The Bertz CT molecular complexity index is 592. The molecule has 0 radical (unpaired) electrons. The van der Waals surface area contributed by atoms with Crippen LogP contribution >= 0.6 is 0 Å². The predicted molar refractivity (Wildman–Crippen MR) is 57.4 cm³/mol. The SMILES string of the molecule is O=c1cc[nH]c(-c2cccc(C(F)F)c2F)c1. The highest BCUT2D eigenvalue weighted by molar-refractivity contribution is 5.60. The summed E-state index contributed by atoms with van der Waals surface area (Å²) in [5, 5.41) is 0. The minimum Gasteiger partial charge on any atom is -0.361 e. The molecule has 5 heteroatoms. The summed E-state index contributed by atoms with van der Waals surface area (Å²) in [6, 6.07) is 6.11. The Labute approximate surface area is 94.7 Å². The Morgan fingerprint density at radius 1 is 1.18 bits per heavy atom. The van der Waals surface area contributed by atoms with Crippen molar-refractivity contribution in [2.45, 2.75) is 6.43 Å². The van der Waals surface area contributed by atoms with Crippen LogP contribution in [0.5, 0.6) is 0 Å². The molecule has 1 heterocycles. The van der Waals surface area contributed by atoms with Gasteiger partial charge in [0.05, 0.1) is 11.3 Å². The summed E-state index contributed by atoms with van der Waals surface area (Å²) >= 11 is 0. The van der Waals surface area contributed by atoms with Crippen LogP contribution in [-0.4, -0.2) is 4.98 Å². The molecule has 0 unspecified atom stereocenters. The van der Waals surface area contributed by atoms with Crippen molar-refractivity contribution in [3.8, 4) is 11.3 Å². The second-order valence-corrected chi connectivity index (χ2v) is 3.45. The van der Waals surface area contributed by atoms with E-state index in [9.17, 15) is 18.0 Å². The molecular formula is C12H8F3NO. The molecule has 88 valence electrons. The number of benzene rings is 1. The Morgan fingerprint density at radius 2 is 1.94 bits per heavy atom. The van der Waals surface area contributed by atoms with Gasteiger partial charge in [0.2, 0.25) is 0 Å². The maximum Gasteiger partial charge on any atom is 0.266 e. The maximum absolute atomic E-state index is 13.7. The van der Waals surface area contributed by atoms with Crippen LogP contribution in [0.4, 0.5) is 13.2 Å². The number of hydrogen-bond donors (Lipinski definition) is 1. The number of halogens is 3. The van der Waals surface area contributed by atoms with Crippen LogP contribution in [0.3, 0.4) is 0 Å². The van der Waals surface area contributed by atoms with E-state index in [1.54, 1.807) is 0 Å². The summed E-state index contributed by atoms with van der Waals surface area (Å²) in [5.74, 6) is -1.01. The average Bonchev–Trinajstić information content (AvgIpc) is 2.29. The first-order valence-corrected chi connectivity index (χ1v) is 4.85. The molecule has 1 aromatic heterocycles.